The maximum Gasteiger partial charge on any atom is 0.0791 e. The van der Waals surface area contributed by atoms with Crippen LogP contribution in [0.15, 0.2) is 18.2 Å². The maximum atomic E-state index is 6.33. The number of rotatable bonds is 2. The molecule has 0 radical (unpaired) electrons. The van der Waals surface area contributed by atoms with E-state index in [1.165, 1.54) is 12.8 Å². The van der Waals surface area contributed by atoms with Crippen LogP contribution in [0.3, 0.4) is 0 Å². The Labute approximate surface area is 109 Å². The number of para-hydroxylation sites is 1. The van der Waals surface area contributed by atoms with Crippen LogP contribution < -0.4 is 10.2 Å². The first-order chi connectivity index (χ1) is 8.03. The molecule has 0 amide bonds. The van der Waals surface area contributed by atoms with E-state index in [9.17, 15) is 0 Å². The Morgan fingerprint density at radius 3 is 2.47 bits per heavy atom. The van der Waals surface area contributed by atoms with Crippen molar-refractivity contribution in [1.82, 2.24) is 0 Å². The van der Waals surface area contributed by atoms with Gasteiger partial charge in [-0.3, -0.25) is 0 Å². The van der Waals surface area contributed by atoms with E-state index in [0.29, 0.717) is 5.41 Å². The smallest absolute Gasteiger partial charge is 0.0791 e. The van der Waals surface area contributed by atoms with Crippen molar-refractivity contribution in [2.75, 3.05) is 30.4 Å². The molecule has 1 aromatic carbocycles. The van der Waals surface area contributed by atoms with E-state index in [4.69, 9.17) is 11.6 Å². The lowest BCUT2D eigenvalue weighted by molar-refractivity contribution is 0.280. The minimum atomic E-state index is 0.470. The highest BCUT2D eigenvalue weighted by Gasteiger charge is 2.27. The van der Waals surface area contributed by atoms with Crippen molar-refractivity contribution in [1.29, 1.82) is 0 Å². The molecule has 1 aliphatic heterocycles. The van der Waals surface area contributed by atoms with Crippen molar-refractivity contribution in [3.05, 3.63) is 23.2 Å². The molecule has 1 saturated heterocycles. The quantitative estimate of drug-likeness (QED) is 0.856. The Kier molecular flexibility index (Phi) is 3.53. The van der Waals surface area contributed by atoms with Gasteiger partial charge in [0.2, 0.25) is 0 Å². The van der Waals surface area contributed by atoms with Crippen LogP contribution >= 0.6 is 11.6 Å². The molecule has 0 saturated carbocycles. The summed E-state index contributed by atoms with van der Waals surface area (Å²) in [5, 5.41) is 4.07. The third-order valence-electron chi connectivity index (χ3n) is 3.69. The van der Waals surface area contributed by atoms with Crippen molar-refractivity contribution in [3.63, 3.8) is 0 Å². The summed E-state index contributed by atoms with van der Waals surface area (Å²) in [5.41, 5.74) is 2.75. The van der Waals surface area contributed by atoms with Crippen LogP contribution in [0.2, 0.25) is 5.02 Å². The summed E-state index contributed by atoms with van der Waals surface area (Å²) in [6.07, 6.45) is 2.45. The van der Waals surface area contributed by atoms with Gasteiger partial charge in [-0.25, -0.2) is 0 Å². The standard InChI is InChI=1S/C14H21ClN2/c1-14(2)7-9-17(10-8-14)13-11(15)5-4-6-12(13)16-3/h4-6,16H,7-10H2,1-3H3. The molecular formula is C14H21ClN2. The summed E-state index contributed by atoms with van der Waals surface area (Å²) in [4.78, 5) is 2.40. The molecule has 1 heterocycles. The molecule has 94 valence electrons. The fourth-order valence-electron chi connectivity index (χ4n) is 2.37. The summed E-state index contributed by atoms with van der Waals surface area (Å²) >= 11 is 6.33. The Morgan fingerprint density at radius 1 is 1.24 bits per heavy atom. The van der Waals surface area contributed by atoms with Gasteiger partial charge in [0, 0.05) is 20.1 Å². The predicted octanol–water partition coefficient (Wildman–Crippen LogP) is 4.01. The molecule has 0 bridgehead atoms. The lowest BCUT2D eigenvalue weighted by Gasteiger charge is -2.39. The van der Waals surface area contributed by atoms with Crippen LogP contribution in [0.25, 0.3) is 0 Å². The first-order valence-electron chi connectivity index (χ1n) is 6.25. The molecule has 2 nitrogen and oxygen atoms in total. The maximum absolute atomic E-state index is 6.33. The number of piperidine rings is 1. The molecule has 0 aromatic heterocycles. The van der Waals surface area contributed by atoms with E-state index in [0.717, 1.165) is 29.5 Å². The van der Waals surface area contributed by atoms with Gasteiger partial charge in [-0.05, 0) is 30.4 Å². The Morgan fingerprint density at radius 2 is 1.88 bits per heavy atom. The average molecular weight is 253 g/mol. The second-order valence-electron chi connectivity index (χ2n) is 5.54. The molecule has 1 aliphatic rings. The highest BCUT2D eigenvalue weighted by atomic mass is 35.5. The van der Waals surface area contributed by atoms with Gasteiger partial charge in [0.15, 0.2) is 0 Å². The van der Waals surface area contributed by atoms with Crippen LogP contribution in [-0.2, 0) is 0 Å². The number of nitrogens with one attached hydrogen (secondary N) is 1. The largest absolute Gasteiger partial charge is 0.386 e. The zero-order valence-electron chi connectivity index (χ0n) is 10.9. The number of benzene rings is 1. The molecule has 2 rings (SSSR count). The summed E-state index contributed by atoms with van der Waals surface area (Å²) in [5.74, 6) is 0. The highest BCUT2D eigenvalue weighted by molar-refractivity contribution is 6.34. The Bertz CT molecular complexity index is 391. The Hall–Kier alpha value is -0.890. The van der Waals surface area contributed by atoms with E-state index in [1.54, 1.807) is 0 Å². The number of hydrogen-bond donors (Lipinski definition) is 1. The fraction of sp³-hybridized carbons (Fsp3) is 0.571. The highest BCUT2D eigenvalue weighted by Crippen LogP contribution is 2.38. The lowest BCUT2D eigenvalue weighted by atomic mass is 9.82. The molecule has 0 spiro atoms. The minimum absolute atomic E-state index is 0.470. The first kappa shape index (κ1) is 12.6. The van der Waals surface area contributed by atoms with Crippen molar-refractivity contribution in [2.24, 2.45) is 5.41 Å². The van der Waals surface area contributed by atoms with E-state index >= 15 is 0 Å². The molecule has 1 aromatic rings. The van der Waals surface area contributed by atoms with E-state index < -0.39 is 0 Å². The third-order valence-corrected chi connectivity index (χ3v) is 3.99. The van der Waals surface area contributed by atoms with Crippen LogP contribution in [-0.4, -0.2) is 20.1 Å². The van der Waals surface area contributed by atoms with Crippen LogP contribution in [0.1, 0.15) is 26.7 Å². The summed E-state index contributed by atoms with van der Waals surface area (Å²) in [6.45, 7) is 6.86. The van der Waals surface area contributed by atoms with E-state index in [2.05, 4.69) is 30.1 Å². The molecule has 0 aliphatic carbocycles. The topological polar surface area (TPSA) is 15.3 Å². The van der Waals surface area contributed by atoms with Gasteiger partial charge in [0.25, 0.3) is 0 Å². The zero-order chi connectivity index (χ0) is 12.5. The van der Waals surface area contributed by atoms with Gasteiger partial charge in [0.05, 0.1) is 16.4 Å². The normalized spacial score (nSPS) is 19.2. The van der Waals surface area contributed by atoms with Gasteiger partial charge in [-0.1, -0.05) is 31.5 Å². The average Bonchev–Trinajstić information content (AvgIpc) is 2.29. The molecule has 17 heavy (non-hydrogen) atoms. The van der Waals surface area contributed by atoms with Crippen LogP contribution in [0, 0.1) is 5.41 Å². The predicted molar refractivity (Wildman–Crippen MR) is 76.2 cm³/mol. The summed E-state index contributed by atoms with van der Waals surface area (Å²) in [7, 11) is 1.95. The van der Waals surface area contributed by atoms with Crippen molar-refractivity contribution in [2.45, 2.75) is 26.7 Å². The first-order valence-corrected chi connectivity index (χ1v) is 6.62. The molecular weight excluding hydrogens is 232 g/mol. The SMILES string of the molecule is CNc1cccc(Cl)c1N1CCC(C)(C)CC1. The minimum Gasteiger partial charge on any atom is -0.386 e. The number of nitrogens with zero attached hydrogens (tertiary/aromatic N) is 1. The van der Waals surface area contributed by atoms with E-state index in [-0.39, 0.29) is 0 Å². The molecule has 1 N–H and O–H groups in total. The van der Waals surface area contributed by atoms with Crippen molar-refractivity contribution < 1.29 is 0 Å². The number of halogens is 1. The van der Waals surface area contributed by atoms with Crippen molar-refractivity contribution >= 4 is 23.0 Å². The lowest BCUT2D eigenvalue weighted by Crippen LogP contribution is -2.37. The van der Waals surface area contributed by atoms with E-state index in [1.807, 2.05) is 19.2 Å². The molecule has 1 fully saturated rings. The zero-order valence-corrected chi connectivity index (χ0v) is 11.6. The molecule has 3 heteroatoms. The van der Waals surface area contributed by atoms with Gasteiger partial charge in [-0.2, -0.15) is 0 Å². The number of anilines is 2. The van der Waals surface area contributed by atoms with Crippen LogP contribution in [0.4, 0.5) is 11.4 Å². The van der Waals surface area contributed by atoms with Crippen molar-refractivity contribution in [3.8, 4) is 0 Å². The Balaban J connectivity index is 2.23. The summed E-state index contributed by atoms with van der Waals surface area (Å²) < 4.78 is 0. The van der Waals surface area contributed by atoms with Gasteiger partial charge < -0.3 is 10.2 Å². The fourth-order valence-corrected chi connectivity index (χ4v) is 2.67. The van der Waals surface area contributed by atoms with Crippen LogP contribution in [0.5, 0.6) is 0 Å². The monoisotopic (exact) mass is 252 g/mol. The van der Waals surface area contributed by atoms with Gasteiger partial charge >= 0.3 is 0 Å². The number of hydrogen-bond acceptors (Lipinski definition) is 2. The van der Waals surface area contributed by atoms with Gasteiger partial charge in [-0.15, -0.1) is 0 Å². The van der Waals surface area contributed by atoms with Gasteiger partial charge in [0.1, 0.15) is 0 Å². The second kappa shape index (κ2) is 4.77. The summed E-state index contributed by atoms with van der Waals surface area (Å²) in [6, 6.07) is 6.05. The molecule has 0 unspecified atom stereocenters. The molecule has 0 atom stereocenters. The third kappa shape index (κ3) is 2.68. The second-order valence-corrected chi connectivity index (χ2v) is 5.94.